The number of hydrogen-bond donors (Lipinski definition) is 2. The molecule has 0 spiro atoms. The van der Waals surface area contributed by atoms with Crippen molar-refractivity contribution < 1.29 is 27.5 Å². The highest BCUT2D eigenvalue weighted by Crippen LogP contribution is 2.27. The number of nitrogens with one attached hydrogen (secondary N) is 2. The molecule has 1 aliphatic heterocycles. The van der Waals surface area contributed by atoms with Crippen LogP contribution in [0.15, 0.2) is 66.7 Å². The highest BCUT2D eigenvalue weighted by Gasteiger charge is 2.27. The summed E-state index contributed by atoms with van der Waals surface area (Å²) in [5, 5.41) is 5.40. The molecule has 9 nitrogen and oxygen atoms in total. The number of ether oxygens (including phenoxy) is 1. The number of amides is 3. The average molecular weight is 570 g/mol. The molecule has 0 fully saturated rings. The molecule has 3 rings (SSSR count). The number of para-hydroxylation sites is 1. The van der Waals surface area contributed by atoms with Gasteiger partial charge in [-0.05, 0) is 63.6 Å². The molecule has 0 radical (unpaired) electrons. The van der Waals surface area contributed by atoms with E-state index in [1.165, 1.54) is 6.08 Å². The quantitative estimate of drug-likeness (QED) is 0.399. The van der Waals surface area contributed by atoms with E-state index >= 15 is 0 Å². The van der Waals surface area contributed by atoms with Crippen LogP contribution >= 0.6 is 0 Å². The Hall–Kier alpha value is -3.66. The van der Waals surface area contributed by atoms with Crippen molar-refractivity contribution in [1.29, 1.82) is 0 Å². The number of benzene rings is 2. The first-order chi connectivity index (χ1) is 18.8. The summed E-state index contributed by atoms with van der Waals surface area (Å²) in [6.45, 7) is 5.66. The molecule has 0 saturated heterocycles. The molecule has 2 atom stereocenters. The van der Waals surface area contributed by atoms with Crippen LogP contribution in [0.25, 0.3) is 0 Å². The zero-order valence-electron chi connectivity index (χ0n) is 23.6. The molecular weight excluding hydrogens is 530 g/mol. The van der Waals surface area contributed by atoms with Gasteiger partial charge in [0.25, 0.3) is 5.91 Å². The van der Waals surface area contributed by atoms with Gasteiger partial charge in [0.05, 0.1) is 5.75 Å². The number of carbonyl (C=O) groups is 3. The molecule has 216 valence electrons. The molecule has 1 aliphatic rings. The Morgan fingerprint density at radius 1 is 1.00 bits per heavy atom. The Labute approximate surface area is 236 Å². The van der Waals surface area contributed by atoms with E-state index in [0.717, 1.165) is 29.5 Å². The van der Waals surface area contributed by atoms with E-state index in [1.807, 2.05) is 54.6 Å². The molecule has 0 aromatic heterocycles. The van der Waals surface area contributed by atoms with Gasteiger partial charge in [0, 0.05) is 30.6 Å². The molecule has 0 unspecified atom stereocenters. The SMILES string of the molecule is CC(C)(C)OC(=O)N[C@@H](CCS(C)(=O)=O)C(=O)N[C@H](C=CC(=O)N1CCc2ccccc21)CCc1ccccc1. The van der Waals surface area contributed by atoms with Crippen LogP contribution in [0.1, 0.15) is 44.7 Å². The van der Waals surface area contributed by atoms with Crippen molar-refractivity contribution in [3.8, 4) is 0 Å². The summed E-state index contributed by atoms with van der Waals surface area (Å²) >= 11 is 0. The third kappa shape index (κ3) is 10.1. The minimum atomic E-state index is -3.39. The number of sulfone groups is 1. The molecule has 2 aromatic rings. The van der Waals surface area contributed by atoms with E-state index in [1.54, 1.807) is 31.7 Å². The topological polar surface area (TPSA) is 122 Å². The Morgan fingerprint density at radius 3 is 2.35 bits per heavy atom. The first kappa shape index (κ1) is 30.9. The van der Waals surface area contributed by atoms with Crippen LogP contribution in [0.2, 0.25) is 0 Å². The predicted octanol–water partition coefficient (Wildman–Crippen LogP) is 3.58. The number of hydrogen-bond acceptors (Lipinski definition) is 6. The summed E-state index contributed by atoms with van der Waals surface area (Å²) in [5.74, 6) is -1.04. The van der Waals surface area contributed by atoms with Crippen LogP contribution in [0.4, 0.5) is 10.5 Å². The van der Waals surface area contributed by atoms with Crippen molar-refractivity contribution in [1.82, 2.24) is 10.6 Å². The first-order valence-corrected chi connectivity index (χ1v) is 15.5. The van der Waals surface area contributed by atoms with E-state index in [-0.39, 0.29) is 18.1 Å². The van der Waals surface area contributed by atoms with E-state index in [2.05, 4.69) is 10.6 Å². The second kappa shape index (κ2) is 13.6. The van der Waals surface area contributed by atoms with Gasteiger partial charge in [-0.3, -0.25) is 9.59 Å². The molecule has 0 saturated carbocycles. The second-order valence-corrected chi connectivity index (χ2v) is 13.2. The fourth-order valence-corrected chi connectivity index (χ4v) is 5.04. The van der Waals surface area contributed by atoms with E-state index in [4.69, 9.17) is 4.74 Å². The highest BCUT2D eigenvalue weighted by atomic mass is 32.2. The molecule has 10 heteroatoms. The van der Waals surface area contributed by atoms with Crippen LogP contribution in [0.3, 0.4) is 0 Å². The van der Waals surface area contributed by atoms with E-state index in [0.29, 0.717) is 19.4 Å². The summed E-state index contributed by atoms with van der Waals surface area (Å²) in [7, 11) is -3.39. The van der Waals surface area contributed by atoms with Crippen molar-refractivity contribution in [3.63, 3.8) is 0 Å². The maximum absolute atomic E-state index is 13.3. The fourth-order valence-electron chi connectivity index (χ4n) is 4.37. The number of anilines is 1. The third-order valence-corrected chi connectivity index (χ3v) is 7.30. The molecule has 3 amide bonds. The van der Waals surface area contributed by atoms with Crippen LogP contribution < -0.4 is 15.5 Å². The number of carbonyl (C=O) groups excluding carboxylic acids is 3. The molecular formula is C30H39N3O6S. The van der Waals surface area contributed by atoms with Gasteiger partial charge in [-0.2, -0.15) is 0 Å². The normalized spacial score (nSPS) is 14.8. The number of rotatable bonds is 11. The van der Waals surface area contributed by atoms with E-state index < -0.39 is 39.5 Å². The van der Waals surface area contributed by atoms with Crippen molar-refractivity contribution in [2.45, 2.75) is 64.1 Å². The lowest BCUT2D eigenvalue weighted by Gasteiger charge is -2.25. The zero-order valence-corrected chi connectivity index (χ0v) is 24.4. The third-order valence-electron chi connectivity index (χ3n) is 6.32. The number of fused-ring (bicyclic) bond motifs is 1. The van der Waals surface area contributed by atoms with E-state index in [9.17, 15) is 22.8 Å². The van der Waals surface area contributed by atoms with Crippen molar-refractivity contribution in [2.75, 3.05) is 23.5 Å². The van der Waals surface area contributed by atoms with Crippen LogP contribution in [-0.4, -0.2) is 62.6 Å². The number of alkyl carbamates (subject to hydrolysis) is 1. The van der Waals surface area contributed by atoms with Crippen LogP contribution in [0, 0.1) is 0 Å². The lowest BCUT2D eigenvalue weighted by molar-refractivity contribution is -0.123. The van der Waals surface area contributed by atoms with Gasteiger partial charge in [-0.1, -0.05) is 54.6 Å². The smallest absolute Gasteiger partial charge is 0.408 e. The Bertz CT molecular complexity index is 1320. The monoisotopic (exact) mass is 569 g/mol. The van der Waals surface area contributed by atoms with Gasteiger partial charge in [0.15, 0.2) is 0 Å². The van der Waals surface area contributed by atoms with Gasteiger partial charge < -0.3 is 20.3 Å². The minimum absolute atomic E-state index is 0.122. The summed E-state index contributed by atoms with van der Waals surface area (Å²) < 4.78 is 28.9. The summed E-state index contributed by atoms with van der Waals surface area (Å²) in [5.41, 5.74) is 2.26. The van der Waals surface area contributed by atoms with Crippen molar-refractivity contribution in [2.24, 2.45) is 0 Å². The number of nitrogens with zero attached hydrogens (tertiary/aromatic N) is 1. The Balaban J connectivity index is 1.76. The zero-order chi connectivity index (χ0) is 29.3. The maximum Gasteiger partial charge on any atom is 0.408 e. The van der Waals surface area contributed by atoms with Crippen molar-refractivity contribution in [3.05, 3.63) is 77.9 Å². The largest absolute Gasteiger partial charge is 0.444 e. The lowest BCUT2D eigenvalue weighted by Crippen LogP contribution is -2.51. The predicted molar refractivity (Wildman–Crippen MR) is 156 cm³/mol. The number of aryl methyl sites for hydroxylation is 1. The van der Waals surface area contributed by atoms with Gasteiger partial charge in [-0.25, -0.2) is 13.2 Å². The van der Waals surface area contributed by atoms with Gasteiger partial charge in [0.2, 0.25) is 5.91 Å². The molecule has 0 aliphatic carbocycles. The molecule has 40 heavy (non-hydrogen) atoms. The maximum atomic E-state index is 13.3. The standard InChI is InChI=1S/C30H39N3O6S/c1-30(2,3)39-29(36)32-25(19-21-40(4,37)38)28(35)31-24(15-14-22-10-6-5-7-11-22)16-17-27(34)33-20-18-23-12-8-9-13-26(23)33/h5-13,16-17,24-25H,14-15,18-21H2,1-4H3,(H,31,35)(H,32,36)/t24-,25-/m0/s1. The van der Waals surface area contributed by atoms with Gasteiger partial charge in [0.1, 0.15) is 21.5 Å². The molecule has 0 bridgehead atoms. The molecule has 2 aromatic carbocycles. The molecule has 1 heterocycles. The Kier molecular flexibility index (Phi) is 10.5. The van der Waals surface area contributed by atoms with Gasteiger partial charge >= 0.3 is 6.09 Å². The van der Waals surface area contributed by atoms with Crippen LogP contribution in [-0.2, 0) is 37.0 Å². The summed E-state index contributed by atoms with van der Waals surface area (Å²) in [6.07, 6.45) is 5.15. The first-order valence-electron chi connectivity index (χ1n) is 13.4. The second-order valence-electron chi connectivity index (χ2n) is 11.0. The minimum Gasteiger partial charge on any atom is -0.444 e. The lowest BCUT2D eigenvalue weighted by atomic mass is 10.0. The molecule has 2 N–H and O–H groups in total. The van der Waals surface area contributed by atoms with Crippen molar-refractivity contribution >= 4 is 33.4 Å². The van der Waals surface area contributed by atoms with Gasteiger partial charge in [-0.15, -0.1) is 0 Å². The summed E-state index contributed by atoms with van der Waals surface area (Å²) in [6, 6.07) is 15.8. The fraction of sp³-hybridized carbons (Fsp3) is 0.433. The average Bonchev–Trinajstić information content (AvgIpc) is 3.31. The van der Waals surface area contributed by atoms with Crippen LogP contribution in [0.5, 0.6) is 0 Å². The Morgan fingerprint density at radius 2 is 1.68 bits per heavy atom. The summed E-state index contributed by atoms with van der Waals surface area (Å²) in [4.78, 5) is 40.6. The highest BCUT2D eigenvalue weighted by molar-refractivity contribution is 7.90.